The maximum Gasteiger partial charge on any atom is 0.107 e. The average molecular weight is 125 g/mol. The van der Waals surface area contributed by atoms with Crippen LogP contribution in [0.2, 0.25) is 5.82 Å². The Balaban J connectivity index is 2.30. The molecule has 0 aromatic heterocycles. The highest BCUT2D eigenvalue weighted by Gasteiger charge is 2.19. The Labute approximate surface area is 58.8 Å². The summed E-state index contributed by atoms with van der Waals surface area (Å²) in [7, 11) is 2.34. The van der Waals surface area contributed by atoms with Gasteiger partial charge < -0.3 is 4.90 Å². The maximum atomic E-state index is 2.55. The van der Waals surface area contributed by atoms with Crippen molar-refractivity contribution in [3.05, 3.63) is 0 Å². The van der Waals surface area contributed by atoms with E-state index in [1.807, 2.05) is 0 Å². The van der Waals surface area contributed by atoms with Gasteiger partial charge in [0.05, 0.1) is 0 Å². The van der Waals surface area contributed by atoms with Gasteiger partial charge >= 0.3 is 0 Å². The minimum atomic E-state index is 0.759. The van der Waals surface area contributed by atoms with Crippen molar-refractivity contribution >= 4 is 7.85 Å². The summed E-state index contributed by atoms with van der Waals surface area (Å²) >= 11 is 0. The lowest BCUT2D eigenvalue weighted by Crippen LogP contribution is -2.27. The van der Waals surface area contributed by atoms with Crippen LogP contribution in [0.25, 0.3) is 0 Å². The summed E-state index contributed by atoms with van der Waals surface area (Å²) in [6, 6.07) is 0.759. The zero-order valence-corrected chi connectivity index (χ0v) is 6.72. The fraction of sp³-hybridized carbons (Fsp3) is 1.00. The molecule has 0 spiro atoms. The smallest absolute Gasteiger partial charge is 0.107 e. The number of hydrogen-bond donors (Lipinski definition) is 0. The van der Waals surface area contributed by atoms with Gasteiger partial charge in [-0.3, -0.25) is 0 Å². The van der Waals surface area contributed by atoms with Crippen LogP contribution >= 0.6 is 0 Å². The van der Waals surface area contributed by atoms with Gasteiger partial charge in [0.1, 0.15) is 7.85 Å². The van der Waals surface area contributed by atoms with E-state index < -0.39 is 0 Å². The topological polar surface area (TPSA) is 3.24 Å². The summed E-state index contributed by atoms with van der Waals surface area (Å²) < 4.78 is 0. The van der Waals surface area contributed by atoms with Crippen molar-refractivity contribution in [2.45, 2.75) is 32.1 Å². The molecule has 1 aliphatic heterocycles. The zero-order valence-electron chi connectivity index (χ0n) is 6.72. The number of hydrogen-bond acceptors (Lipinski definition) is 1. The first-order valence-corrected chi connectivity index (χ1v) is 3.94. The average Bonchev–Trinajstić information content (AvgIpc) is 2.14. The van der Waals surface area contributed by atoms with Crippen LogP contribution in [-0.2, 0) is 0 Å². The number of rotatable bonds is 1. The van der Waals surface area contributed by atoms with E-state index in [4.69, 9.17) is 0 Å². The Kier molecular flexibility index (Phi) is 2.17. The first kappa shape index (κ1) is 7.14. The van der Waals surface area contributed by atoms with Crippen molar-refractivity contribution in [2.24, 2.45) is 0 Å². The Hall–Kier alpha value is 0.0249. The molecule has 0 N–H and O–H groups in total. The van der Waals surface area contributed by atoms with Gasteiger partial charge in [0, 0.05) is 6.04 Å². The standard InChI is InChI=1S/C7H16BN/c1-6(2)9-4-3-7(8)5-9/h6-7H,3-5,8H2,1-2H3. The molecule has 0 aliphatic carbocycles. The molecule has 52 valence electrons. The summed E-state index contributed by atoms with van der Waals surface area (Å²) in [5.74, 6) is 0.937. The summed E-state index contributed by atoms with van der Waals surface area (Å²) in [6.07, 6.45) is 1.40. The molecule has 0 aromatic carbocycles. The summed E-state index contributed by atoms with van der Waals surface area (Å²) in [4.78, 5) is 2.55. The van der Waals surface area contributed by atoms with Gasteiger partial charge in [-0.2, -0.15) is 0 Å². The summed E-state index contributed by atoms with van der Waals surface area (Å²) in [6.45, 7) is 7.19. The molecule has 0 saturated carbocycles. The summed E-state index contributed by atoms with van der Waals surface area (Å²) in [5.41, 5.74) is 0. The number of nitrogens with zero attached hydrogens (tertiary/aromatic N) is 1. The van der Waals surface area contributed by atoms with E-state index in [1.165, 1.54) is 19.5 Å². The third-order valence-corrected chi connectivity index (χ3v) is 2.19. The van der Waals surface area contributed by atoms with Gasteiger partial charge in [0.15, 0.2) is 0 Å². The predicted octanol–water partition coefficient (Wildman–Crippen LogP) is 0.522. The molecule has 1 nitrogen and oxygen atoms in total. The van der Waals surface area contributed by atoms with Crippen molar-refractivity contribution in [3.63, 3.8) is 0 Å². The molecule has 1 fully saturated rings. The molecule has 1 saturated heterocycles. The van der Waals surface area contributed by atoms with Crippen molar-refractivity contribution < 1.29 is 0 Å². The summed E-state index contributed by atoms with van der Waals surface area (Å²) in [5, 5.41) is 0. The second-order valence-corrected chi connectivity index (χ2v) is 3.48. The van der Waals surface area contributed by atoms with E-state index in [9.17, 15) is 0 Å². The molecular formula is C7H16BN. The highest BCUT2D eigenvalue weighted by Crippen LogP contribution is 2.19. The highest BCUT2D eigenvalue weighted by molar-refractivity contribution is 6.11. The molecule has 0 radical (unpaired) electrons. The molecule has 1 heterocycles. The Morgan fingerprint density at radius 2 is 2.22 bits per heavy atom. The van der Waals surface area contributed by atoms with Crippen LogP contribution in [0.15, 0.2) is 0 Å². The second kappa shape index (κ2) is 2.74. The Morgan fingerprint density at radius 1 is 1.56 bits per heavy atom. The van der Waals surface area contributed by atoms with Gasteiger partial charge in [0.25, 0.3) is 0 Å². The normalized spacial score (nSPS) is 29.9. The van der Waals surface area contributed by atoms with Crippen LogP contribution in [0.3, 0.4) is 0 Å². The first-order chi connectivity index (χ1) is 4.20. The van der Waals surface area contributed by atoms with Crippen molar-refractivity contribution in [1.82, 2.24) is 4.90 Å². The quantitative estimate of drug-likeness (QED) is 0.462. The van der Waals surface area contributed by atoms with E-state index in [2.05, 4.69) is 26.6 Å². The van der Waals surface area contributed by atoms with Crippen LogP contribution in [0.5, 0.6) is 0 Å². The van der Waals surface area contributed by atoms with Crippen LogP contribution in [0.1, 0.15) is 20.3 Å². The van der Waals surface area contributed by atoms with Crippen LogP contribution in [0, 0.1) is 0 Å². The van der Waals surface area contributed by atoms with E-state index in [1.54, 1.807) is 0 Å². The van der Waals surface area contributed by atoms with Gasteiger partial charge in [-0.15, -0.1) is 0 Å². The fourth-order valence-electron chi connectivity index (χ4n) is 1.44. The monoisotopic (exact) mass is 125 g/mol. The van der Waals surface area contributed by atoms with Crippen molar-refractivity contribution in [3.8, 4) is 0 Å². The fourth-order valence-corrected chi connectivity index (χ4v) is 1.44. The van der Waals surface area contributed by atoms with E-state index >= 15 is 0 Å². The second-order valence-electron chi connectivity index (χ2n) is 3.48. The molecule has 1 aliphatic rings. The van der Waals surface area contributed by atoms with Crippen molar-refractivity contribution in [2.75, 3.05) is 13.1 Å². The zero-order chi connectivity index (χ0) is 6.85. The number of likely N-dealkylation sites (tertiary alicyclic amines) is 1. The minimum absolute atomic E-state index is 0.759. The molecule has 0 aromatic rings. The third-order valence-electron chi connectivity index (χ3n) is 2.19. The lowest BCUT2D eigenvalue weighted by Gasteiger charge is -2.19. The molecule has 2 heteroatoms. The van der Waals surface area contributed by atoms with E-state index in [0.29, 0.717) is 0 Å². The maximum absolute atomic E-state index is 2.55. The molecule has 1 unspecified atom stereocenters. The van der Waals surface area contributed by atoms with Gasteiger partial charge in [0.2, 0.25) is 0 Å². The van der Waals surface area contributed by atoms with Crippen LogP contribution in [0.4, 0.5) is 0 Å². The Morgan fingerprint density at radius 3 is 2.44 bits per heavy atom. The highest BCUT2D eigenvalue weighted by atomic mass is 15.2. The molecular weight excluding hydrogens is 109 g/mol. The molecule has 1 atom stereocenters. The molecule has 0 amide bonds. The van der Waals surface area contributed by atoms with Crippen LogP contribution < -0.4 is 0 Å². The third kappa shape index (κ3) is 1.72. The predicted molar refractivity (Wildman–Crippen MR) is 43.6 cm³/mol. The van der Waals surface area contributed by atoms with E-state index in [0.717, 1.165) is 11.9 Å². The van der Waals surface area contributed by atoms with Gasteiger partial charge in [-0.1, -0.05) is 5.82 Å². The molecule has 1 rings (SSSR count). The van der Waals surface area contributed by atoms with Gasteiger partial charge in [-0.25, -0.2) is 0 Å². The lowest BCUT2D eigenvalue weighted by molar-refractivity contribution is 0.276. The van der Waals surface area contributed by atoms with Gasteiger partial charge in [-0.05, 0) is 33.4 Å². The molecule has 9 heavy (non-hydrogen) atoms. The molecule has 0 bridgehead atoms. The van der Waals surface area contributed by atoms with E-state index in [-0.39, 0.29) is 0 Å². The van der Waals surface area contributed by atoms with Crippen molar-refractivity contribution in [1.29, 1.82) is 0 Å². The Bertz CT molecular complexity index is 92.9. The minimum Gasteiger partial charge on any atom is -0.301 e. The lowest BCUT2D eigenvalue weighted by atomic mass is 9.87. The first-order valence-electron chi connectivity index (χ1n) is 3.94. The SMILES string of the molecule is BC1CCN(C(C)C)C1. The largest absolute Gasteiger partial charge is 0.301 e. The van der Waals surface area contributed by atoms with Crippen LogP contribution in [-0.4, -0.2) is 31.9 Å².